The van der Waals surface area contributed by atoms with Crippen LogP contribution in [0.15, 0.2) is 54.7 Å². The predicted octanol–water partition coefficient (Wildman–Crippen LogP) is 8.02. The number of aromatic amines is 2. The van der Waals surface area contributed by atoms with Gasteiger partial charge in [0.25, 0.3) is 0 Å². The number of benzene rings is 3. The topological polar surface area (TPSA) is 175 Å². The number of amides is 4. The summed E-state index contributed by atoms with van der Waals surface area (Å²) in [5.74, 6) is 0.649. The standard InChI is InChI=1S/C46H55FN8O6/c1-22(2)37(52-45(58)60-7)43(56)54-25(6)24(5)17-36(54)41-48-21-35(50-41)32-15-11-27(20-33(32)47)26-10-14-31-28(18-26)12-16-34-39(31)51-42(49-34)40-29-9-13-30(19-29)55(40)44(57)38(23(3)4)53-46(59)61-8/h10-12,14-16,18,20-25,29-30,36-38,40H,9,13,17,19H2,1-8H3,(H,48,50)(H,49,51)(H,52,58)(H,53,59)/t24?,25-,29+,30-,36+,37+,38+,40+/m1/s1. The number of aromatic nitrogens is 4. The molecule has 4 N–H and O–H groups in total. The Morgan fingerprint density at radius 1 is 0.803 bits per heavy atom. The number of carbonyl (C=O) groups is 4. The molecule has 8 atom stereocenters. The quantitative estimate of drug-likeness (QED) is 0.109. The highest BCUT2D eigenvalue weighted by Crippen LogP contribution is 2.50. The number of H-pyrrole nitrogens is 2. The smallest absolute Gasteiger partial charge is 0.407 e. The number of nitrogens with zero attached hydrogens (tertiary/aromatic N) is 4. The van der Waals surface area contributed by atoms with Gasteiger partial charge in [0.15, 0.2) is 0 Å². The fourth-order valence-electron chi connectivity index (χ4n) is 9.90. The normalized spacial score (nSPS) is 23.3. The molecule has 3 aliphatic rings. The summed E-state index contributed by atoms with van der Waals surface area (Å²) in [6, 6.07) is 13.0. The molecule has 3 fully saturated rings. The third-order valence-corrected chi connectivity index (χ3v) is 13.3. The molecule has 2 aromatic heterocycles. The van der Waals surface area contributed by atoms with E-state index in [2.05, 4.69) is 32.5 Å². The number of alkyl carbamates (subject to hydrolysis) is 2. The van der Waals surface area contributed by atoms with Crippen LogP contribution >= 0.6 is 0 Å². The number of halogens is 1. The van der Waals surface area contributed by atoms with Gasteiger partial charge in [0.2, 0.25) is 11.8 Å². The van der Waals surface area contributed by atoms with Crippen LogP contribution in [0.2, 0.25) is 0 Å². The maximum Gasteiger partial charge on any atom is 0.407 e. The number of carbonyl (C=O) groups excluding carboxylic acids is 4. The average molecular weight is 835 g/mol. The summed E-state index contributed by atoms with van der Waals surface area (Å²) in [5, 5.41) is 7.36. The maximum absolute atomic E-state index is 16.1. The first kappa shape index (κ1) is 41.7. The van der Waals surface area contributed by atoms with Gasteiger partial charge in [0.1, 0.15) is 29.5 Å². The van der Waals surface area contributed by atoms with Crippen LogP contribution in [0.25, 0.3) is 44.2 Å². The van der Waals surface area contributed by atoms with Crippen LogP contribution in [0, 0.1) is 29.5 Å². The van der Waals surface area contributed by atoms with E-state index in [9.17, 15) is 19.2 Å². The SMILES string of the molecule is COC(=O)N[C@H](C(=O)N1[C@@H]2CC[C@@H](C2)[C@H]1c1nc2ccc3cc(-c4ccc(-c5cnc([C@@H]6CC(C)[C@@H](C)N6C(=O)[C@@H](NC(=O)OC)C(C)C)[nH]5)c(F)c4)ccc3c2[nH]1)C(C)C. The minimum Gasteiger partial charge on any atom is -0.453 e. The van der Waals surface area contributed by atoms with E-state index in [1.54, 1.807) is 17.2 Å². The van der Waals surface area contributed by atoms with Gasteiger partial charge in [-0.15, -0.1) is 0 Å². The maximum atomic E-state index is 16.1. The molecule has 3 aromatic carbocycles. The van der Waals surface area contributed by atoms with Crippen LogP contribution in [0.5, 0.6) is 0 Å². The van der Waals surface area contributed by atoms with Crippen molar-refractivity contribution in [2.24, 2.45) is 23.7 Å². The van der Waals surface area contributed by atoms with Crippen LogP contribution in [0.3, 0.4) is 0 Å². The van der Waals surface area contributed by atoms with Gasteiger partial charge in [-0.1, -0.05) is 58.9 Å². The minimum atomic E-state index is -0.780. The fourth-order valence-corrected chi connectivity index (χ4v) is 9.90. The number of piperidine rings is 1. The molecule has 15 heteroatoms. The molecule has 61 heavy (non-hydrogen) atoms. The Labute approximate surface area is 354 Å². The predicted molar refractivity (Wildman–Crippen MR) is 228 cm³/mol. The summed E-state index contributed by atoms with van der Waals surface area (Å²) >= 11 is 0. The molecule has 2 bridgehead atoms. The molecule has 1 unspecified atom stereocenters. The highest BCUT2D eigenvalue weighted by molar-refractivity contribution is 6.05. The number of hydrogen-bond acceptors (Lipinski definition) is 8. The van der Waals surface area contributed by atoms with E-state index >= 15 is 4.39 Å². The van der Waals surface area contributed by atoms with Crippen LogP contribution in [0.4, 0.5) is 14.0 Å². The average Bonchev–Trinajstić information content (AvgIpc) is 4.10. The summed E-state index contributed by atoms with van der Waals surface area (Å²) in [5.41, 5.74) is 4.06. The summed E-state index contributed by atoms with van der Waals surface area (Å²) in [6.07, 6.45) is 3.78. The van der Waals surface area contributed by atoms with Crippen molar-refractivity contribution in [3.8, 4) is 22.4 Å². The number of rotatable bonds is 10. The first-order valence-electron chi connectivity index (χ1n) is 21.3. The third kappa shape index (κ3) is 7.56. The molecule has 0 radical (unpaired) electrons. The van der Waals surface area contributed by atoms with E-state index in [4.69, 9.17) is 14.5 Å². The van der Waals surface area contributed by atoms with Crippen LogP contribution in [-0.4, -0.2) is 92.1 Å². The molecule has 1 aliphatic carbocycles. The first-order chi connectivity index (χ1) is 29.2. The van der Waals surface area contributed by atoms with Gasteiger partial charge in [0.05, 0.1) is 49.2 Å². The van der Waals surface area contributed by atoms with Crippen molar-refractivity contribution in [2.75, 3.05) is 14.2 Å². The Bertz CT molecular complexity index is 2500. The van der Waals surface area contributed by atoms with Crippen molar-refractivity contribution in [3.63, 3.8) is 0 Å². The Hall–Kier alpha value is -5.99. The van der Waals surface area contributed by atoms with Gasteiger partial charge in [-0.3, -0.25) is 9.59 Å². The Kier molecular flexibility index (Phi) is 11.3. The zero-order chi connectivity index (χ0) is 43.4. The first-order valence-corrected chi connectivity index (χ1v) is 21.3. The molecule has 5 aromatic rings. The van der Waals surface area contributed by atoms with Gasteiger partial charge < -0.3 is 39.9 Å². The van der Waals surface area contributed by atoms with Crippen molar-refractivity contribution in [2.45, 2.75) is 103 Å². The monoisotopic (exact) mass is 834 g/mol. The molecule has 1 saturated carbocycles. The van der Waals surface area contributed by atoms with Gasteiger partial charge in [0, 0.05) is 23.0 Å². The van der Waals surface area contributed by atoms with E-state index in [0.29, 0.717) is 29.1 Å². The van der Waals surface area contributed by atoms with Gasteiger partial charge in [-0.25, -0.2) is 23.9 Å². The number of fused-ring (bicyclic) bond motifs is 5. The van der Waals surface area contributed by atoms with Gasteiger partial charge in [-0.2, -0.15) is 0 Å². The lowest BCUT2D eigenvalue weighted by Crippen LogP contribution is -2.54. The second kappa shape index (κ2) is 16.5. The molecule has 2 saturated heterocycles. The number of ether oxygens (including phenoxy) is 2. The number of imidazole rings is 2. The van der Waals surface area contributed by atoms with Crippen molar-refractivity contribution in [1.29, 1.82) is 0 Å². The molecule has 0 spiro atoms. The van der Waals surface area contributed by atoms with Crippen molar-refractivity contribution < 1.29 is 33.0 Å². The minimum absolute atomic E-state index is 0.0830. The summed E-state index contributed by atoms with van der Waals surface area (Å²) in [4.78, 5) is 72.6. The lowest BCUT2D eigenvalue weighted by Gasteiger charge is -2.37. The Morgan fingerprint density at radius 2 is 1.46 bits per heavy atom. The third-order valence-electron chi connectivity index (χ3n) is 13.3. The zero-order valence-corrected chi connectivity index (χ0v) is 35.9. The van der Waals surface area contributed by atoms with Crippen LogP contribution in [0.1, 0.15) is 91.0 Å². The summed E-state index contributed by atoms with van der Waals surface area (Å²) in [6.45, 7) is 11.7. The summed E-state index contributed by atoms with van der Waals surface area (Å²) < 4.78 is 25.7. The zero-order valence-electron chi connectivity index (χ0n) is 35.9. The van der Waals surface area contributed by atoms with Crippen molar-refractivity contribution in [1.82, 2.24) is 40.4 Å². The highest BCUT2D eigenvalue weighted by atomic mass is 19.1. The number of nitrogens with one attached hydrogen (secondary N) is 4. The Morgan fingerprint density at radius 3 is 2.11 bits per heavy atom. The van der Waals surface area contributed by atoms with Crippen molar-refractivity contribution >= 4 is 45.8 Å². The van der Waals surface area contributed by atoms with Crippen molar-refractivity contribution in [3.05, 3.63) is 72.2 Å². The summed E-state index contributed by atoms with van der Waals surface area (Å²) in [7, 11) is 2.56. The molecule has 4 amide bonds. The largest absolute Gasteiger partial charge is 0.453 e. The lowest BCUT2D eigenvalue weighted by molar-refractivity contribution is -0.139. The van der Waals surface area contributed by atoms with Crippen LogP contribution < -0.4 is 10.6 Å². The molecule has 4 heterocycles. The molecular formula is C46H55FN8O6. The van der Waals surface area contributed by atoms with E-state index in [1.165, 1.54) is 20.3 Å². The number of methoxy groups -OCH3 is 2. The highest BCUT2D eigenvalue weighted by Gasteiger charge is 2.52. The number of hydrogen-bond donors (Lipinski definition) is 4. The van der Waals surface area contributed by atoms with Crippen LogP contribution in [-0.2, 0) is 19.1 Å². The Balaban J connectivity index is 1.03. The van der Waals surface area contributed by atoms with E-state index in [1.807, 2.05) is 75.9 Å². The molecular weight excluding hydrogens is 780 g/mol. The number of likely N-dealkylation sites (tertiary alicyclic amines) is 2. The fraction of sp³-hybridized carbons (Fsp3) is 0.478. The van der Waals surface area contributed by atoms with E-state index < -0.39 is 30.1 Å². The lowest BCUT2D eigenvalue weighted by atomic mass is 9.95. The van der Waals surface area contributed by atoms with Gasteiger partial charge >= 0.3 is 12.2 Å². The second-order valence-corrected chi connectivity index (χ2v) is 17.7. The van der Waals surface area contributed by atoms with Gasteiger partial charge in [-0.05, 0) is 97.1 Å². The van der Waals surface area contributed by atoms with E-state index in [0.717, 1.165) is 52.5 Å². The molecule has 2 aliphatic heterocycles. The molecule has 8 rings (SSSR count). The molecule has 14 nitrogen and oxygen atoms in total. The molecule has 322 valence electrons. The van der Waals surface area contributed by atoms with E-state index in [-0.39, 0.29) is 59.7 Å². The second-order valence-electron chi connectivity index (χ2n) is 17.7.